The summed E-state index contributed by atoms with van der Waals surface area (Å²) in [5, 5.41) is 5.98. The van der Waals surface area contributed by atoms with E-state index in [2.05, 4.69) is 11.4 Å². The van der Waals surface area contributed by atoms with Gasteiger partial charge in [-0.15, -0.1) is 22.7 Å². The first-order valence-corrected chi connectivity index (χ1v) is 8.44. The van der Waals surface area contributed by atoms with E-state index in [1.165, 1.54) is 16.2 Å². The topological polar surface area (TPSA) is 55.1 Å². The SMILES string of the molecule is Cc1cccc2c(N)c(C(=O)NCCc3cccs3)sc12. The summed E-state index contributed by atoms with van der Waals surface area (Å²) in [4.78, 5) is 14.2. The molecule has 0 saturated heterocycles. The van der Waals surface area contributed by atoms with Crippen molar-refractivity contribution in [1.82, 2.24) is 5.32 Å². The van der Waals surface area contributed by atoms with E-state index >= 15 is 0 Å². The van der Waals surface area contributed by atoms with Crippen LogP contribution in [0.5, 0.6) is 0 Å². The predicted molar refractivity (Wildman–Crippen MR) is 91.3 cm³/mol. The summed E-state index contributed by atoms with van der Waals surface area (Å²) >= 11 is 3.18. The number of carbonyl (C=O) groups excluding carboxylic acids is 1. The lowest BCUT2D eigenvalue weighted by Crippen LogP contribution is -2.25. The zero-order chi connectivity index (χ0) is 14.8. The van der Waals surface area contributed by atoms with Gasteiger partial charge in [0.15, 0.2) is 0 Å². The van der Waals surface area contributed by atoms with E-state index in [0.717, 1.165) is 22.1 Å². The standard InChI is InChI=1S/C16H16N2OS2/c1-10-4-2-6-12-13(17)15(21-14(10)12)16(19)18-8-7-11-5-3-9-20-11/h2-6,9H,7-8,17H2,1H3,(H,18,19). The van der Waals surface area contributed by atoms with E-state index in [1.54, 1.807) is 11.3 Å². The summed E-state index contributed by atoms with van der Waals surface area (Å²) in [6.07, 6.45) is 0.854. The number of nitrogens with one attached hydrogen (secondary N) is 1. The third kappa shape index (κ3) is 2.80. The quantitative estimate of drug-likeness (QED) is 0.768. The first kappa shape index (κ1) is 14.1. The molecule has 2 heterocycles. The number of carbonyl (C=O) groups is 1. The van der Waals surface area contributed by atoms with E-state index in [1.807, 2.05) is 36.6 Å². The number of benzene rings is 1. The Morgan fingerprint density at radius 2 is 2.14 bits per heavy atom. The largest absolute Gasteiger partial charge is 0.397 e. The number of nitrogens with two attached hydrogens (primary N) is 1. The van der Waals surface area contributed by atoms with Crippen LogP contribution in [0.15, 0.2) is 35.7 Å². The fraction of sp³-hybridized carbons (Fsp3) is 0.188. The van der Waals surface area contributed by atoms with Crippen LogP contribution in [0.4, 0.5) is 5.69 Å². The second-order valence-electron chi connectivity index (χ2n) is 4.88. The maximum atomic E-state index is 12.3. The number of fused-ring (bicyclic) bond motifs is 1. The molecule has 0 aliphatic carbocycles. The molecule has 5 heteroatoms. The first-order valence-electron chi connectivity index (χ1n) is 6.75. The van der Waals surface area contributed by atoms with Gasteiger partial charge in [-0.25, -0.2) is 0 Å². The number of hydrogen-bond donors (Lipinski definition) is 2. The molecule has 0 aliphatic rings. The Kier molecular flexibility index (Phi) is 3.94. The van der Waals surface area contributed by atoms with Crippen molar-refractivity contribution < 1.29 is 4.79 Å². The highest BCUT2D eigenvalue weighted by Crippen LogP contribution is 2.35. The van der Waals surface area contributed by atoms with Gasteiger partial charge in [0, 0.05) is 21.5 Å². The van der Waals surface area contributed by atoms with Crippen molar-refractivity contribution in [2.75, 3.05) is 12.3 Å². The fourth-order valence-corrected chi connectivity index (χ4v) is 4.10. The minimum Gasteiger partial charge on any atom is -0.397 e. The molecule has 0 spiro atoms. The third-order valence-corrected chi connectivity index (χ3v) is 5.69. The number of amides is 1. The van der Waals surface area contributed by atoms with E-state index in [9.17, 15) is 4.79 Å². The maximum Gasteiger partial charge on any atom is 0.263 e. The summed E-state index contributed by atoms with van der Waals surface area (Å²) in [7, 11) is 0. The van der Waals surface area contributed by atoms with Crippen molar-refractivity contribution in [1.29, 1.82) is 0 Å². The minimum atomic E-state index is -0.0790. The number of hydrogen-bond acceptors (Lipinski definition) is 4. The van der Waals surface area contributed by atoms with Gasteiger partial charge < -0.3 is 11.1 Å². The van der Waals surface area contributed by atoms with E-state index in [-0.39, 0.29) is 5.91 Å². The van der Waals surface area contributed by atoms with Gasteiger partial charge in [0.25, 0.3) is 5.91 Å². The number of rotatable bonds is 4. The Hall–Kier alpha value is -1.85. The lowest BCUT2D eigenvalue weighted by molar-refractivity contribution is 0.0959. The summed E-state index contributed by atoms with van der Waals surface area (Å²) in [5.74, 6) is -0.0790. The van der Waals surface area contributed by atoms with Crippen molar-refractivity contribution >= 4 is 44.4 Å². The predicted octanol–water partition coefficient (Wildman–Crippen LogP) is 3.83. The van der Waals surface area contributed by atoms with Gasteiger partial charge in [-0.2, -0.15) is 0 Å². The molecule has 0 atom stereocenters. The average molecular weight is 316 g/mol. The molecule has 0 fully saturated rings. The van der Waals surface area contributed by atoms with Gasteiger partial charge in [-0.1, -0.05) is 24.3 Å². The molecule has 0 aliphatic heterocycles. The molecule has 21 heavy (non-hydrogen) atoms. The average Bonchev–Trinajstić information content (AvgIpc) is 3.08. The van der Waals surface area contributed by atoms with Crippen LogP contribution in [0.2, 0.25) is 0 Å². The highest BCUT2D eigenvalue weighted by Gasteiger charge is 2.16. The summed E-state index contributed by atoms with van der Waals surface area (Å²) in [5.41, 5.74) is 7.87. The molecule has 0 saturated carbocycles. The molecule has 3 rings (SSSR count). The molecule has 0 bridgehead atoms. The maximum absolute atomic E-state index is 12.3. The van der Waals surface area contributed by atoms with E-state index < -0.39 is 0 Å². The van der Waals surface area contributed by atoms with Crippen LogP contribution >= 0.6 is 22.7 Å². The van der Waals surface area contributed by atoms with Crippen molar-refractivity contribution in [2.24, 2.45) is 0 Å². The van der Waals surface area contributed by atoms with Crippen LogP contribution in [-0.4, -0.2) is 12.5 Å². The third-order valence-electron chi connectivity index (χ3n) is 3.39. The number of nitrogen functional groups attached to an aromatic ring is 1. The Morgan fingerprint density at radius 3 is 2.86 bits per heavy atom. The van der Waals surface area contributed by atoms with Gasteiger partial charge >= 0.3 is 0 Å². The molecule has 3 nitrogen and oxygen atoms in total. The Balaban J connectivity index is 1.75. The zero-order valence-electron chi connectivity index (χ0n) is 11.7. The lowest BCUT2D eigenvalue weighted by atomic mass is 10.1. The minimum absolute atomic E-state index is 0.0790. The molecule has 108 valence electrons. The van der Waals surface area contributed by atoms with Gasteiger partial charge in [-0.05, 0) is 30.4 Å². The summed E-state index contributed by atoms with van der Waals surface area (Å²) in [6, 6.07) is 10.1. The Morgan fingerprint density at radius 1 is 1.29 bits per heavy atom. The van der Waals surface area contributed by atoms with E-state index in [0.29, 0.717) is 17.1 Å². The normalized spacial score (nSPS) is 10.9. The molecular formula is C16H16N2OS2. The van der Waals surface area contributed by atoms with Crippen LogP contribution in [-0.2, 0) is 6.42 Å². The summed E-state index contributed by atoms with van der Waals surface area (Å²) in [6.45, 7) is 2.67. The molecule has 3 aromatic rings. The second kappa shape index (κ2) is 5.87. The van der Waals surface area contributed by atoms with Gasteiger partial charge in [-0.3, -0.25) is 4.79 Å². The monoisotopic (exact) mass is 316 g/mol. The fourth-order valence-electron chi connectivity index (χ4n) is 2.28. The second-order valence-corrected chi connectivity index (χ2v) is 6.93. The van der Waals surface area contributed by atoms with Crippen LogP contribution in [0.3, 0.4) is 0 Å². The van der Waals surface area contributed by atoms with Crippen molar-refractivity contribution in [3.05, 3.63) is 51.0 Å². The van der Waals surface area contributed by atoms with Crippen molar-refractivity contribution in [3.8, 4) is 0 Å². The van der Waals surface area contributed by atoms with Crippen LogP contribution in [0.25, 0.3) is 10.1 Å². The molecule has 0 unspecified atom stereocenters. The highest BCUT2D eigenvalue weighted by atomic mass is 32.1. The van der Waals surface area contributed by atoms with Crippen molar-refractivity contribution in [3.63, 3.8) is 0 Å². The smallest absolute Gasteiger partial charge is 0.263 e. The highest BCUT2D eigenvalue weighted by molar-refractivity contribution is 7.21. The molecule has 0 radical (unpaired) electrons. The molecule has 1 amide bonds. The molecule has 2 aromatic heterocycles. The van der Waals surface area contributed by atoms with Gasteiger partial charge in [0.05, 0.1) is 5.69 Å². The van der Waals surface area contributed by atoms with E-state index in [4.69, 9.17) is 5.73 Å². The summed E-state index contributed by atoms with van der Waals surface area (Å²) < 4.78 is 1.10. The van der Waals surface area contributed by atoms with Crippen LogP contribution < -0.4 is 11.1 Å². The Labute approximate surface area is 131 Å². The van der Waals surface area contributed by atoms with Gasteiger partial charge in [0.1, 0.15) is 4.88 Å². The lowest BCUT2D eigenvalue weighted by Gasteiger charge is -2.03. The number of aryl methyl sites for hydroxylation is 1. The van der Waals surface area contributed by atoms with Crippen LogP contribution in [0.1, 0.15) is 20.1 Å². The molecule has 1 aromatic carbocycles. The number of thiophene rings is 2. The Bertz CT molecular complexity index is 775. The van der Waals surface area contributed by atoms with Crippen LogP contribution in [0, 0.1) is 6.92 Å². The molecule has 3 N–H and O–H groups in total. The molecular weight excluding hydrogens is 300 g/mol. The zero-order valence-corrected chi connectivity index (χ0v) is 13.3. The first-order chi connectivity index (χ1) is 10.2. The number of anilines is 1. The van der Waals surface area contributed by atoms with Crippen molar-refractivity contribution in [2.45, 2.75) is 13.3 Å². The van der Waals surface area contributed by atoms with Gasteiger partial charge in [0.2, 0.25) is 0 Å².